The van der Waals surface area contributed by atoms with Gasteiger partial charge in [-0.05, 0) is 42.0 Å². The monoisotopic (exact) mass is 382 g/mol. The molecule has 0 bridgehead atoms. The van der Waals surface area contributed by atoms with Gasteiger partial charge in [-0.3, -0.25) is 9.59 Å². The van der Waals surface area contributed by atoms with Crippen molar-refractivity contribution in [3.05, 3.63) is 65.5 Å². The lowest BCUT2D eigenvalue weighted by Crippen LogP contribution is -2.41. The van der Waals surface area contributed by atoms with Crippen LogP contribution in [-0.2, 0) is 10.2 Å². The van der Waals surface area contributed by atoms with Crippen LogP contribution in [0.4, 0.5) is 10.1 Å². The first-order valence-corrected chi connectivity index (χ1v) is 9.71. The first kappa shape index (κ1) is 20.1. The Labute approximate surface area is 165 Å². The highest BCUT2D eigenvalue weighted by atomic mass is 19.1. The van der Waals surface area contributed by atoms with E-state index in [2.05, 4.69) is 26.1 Å². The van der Waals surface area contributed by atoms with E-state index in [0.717, 1.165) is 11.3 Å². The second kappa shape index (κ2) is 8.13. The summed E-state index contributed by atoms with van der Waals surface area (Å²) in [7, 11) is 0. The molecule has 2 amide bonds. The van der Waals surface area contributed by atoms with Gasteiger partial charge in [0.25, 0.3) is 5.91 Å². The Morgan fingerprint density at radius 2 is 1.61 bits per heavy atom. The molecule has 0 saturated carbocycles. The zero-order valence-electron chi connectivity index (χ0n) is 16.7. The molecule has 2 aromatic carbocycles. The number of hydrogen-bond donors (Lipinski definition) is 1. The van der Waals surface area contributed by atoms with E-state index in [0.29, 0.717) is 25.9 Å². The van der Waals surface area contributed by atoms with Crippen LogP contribution in [0.25, 0.3) is 0 Å². The second-order valence-corrected chi connectivity index (χ2v) is 8.33. The van der Waals surface area contributed by atoms with E-state index in [1.807, 2.05) is 24.3 Å². The van der Waals surface area contributed by atoms with Crippen LogP contribution in [0, 0.1) is 11.7 Å². The summed E-state index contributed by atoms with van der Waals surface area (Å²) in [6, 6.07) is 13.9. The molecule has 0 unspecified atom stereocenters. The van der Waals surface area contributed by atoms with Crippen LogP contribution in [-0.4, -0.2) is 29.8 Å². The summed E-state index contributed by atoms with van der Waals surface area (Å²) in [5.41, 5.74) is 1.95. The van der Waals surface area contributed by atoms with Crippen LogP contribution in [0.2, 0.25) is 0 Å². The fraction of sp³-hybridized carbons (Fsp3) is 0.391. The summed E-state index contributed by atoms with van der Waals surface area (Å²) in [6.07, 6.45) is 1.15. The Bertz CT molecular complexity index is 865. The van der Waals surface area contributed by atoms with Crippen molar-refractivity contribution in [2.45, 2.75) is 39.0 Å². The quantitative estimate of drug-likeness (QED) is 0.842. The Balaban J connectivity index is 1.62. The molecule has 0 aliphatic carbocycles. The van der Waals surface area contributed by atoms with Crippen molar-refractivity contribution in [1.29, 1.82) is 0 Å². The number of halogens is 1. The Kier molecular flexibility index (Phi) is 5.82. The van der Waals surface area contributed by atoms with Gasteiger partial charge in [0, 0.05) is 24.7 Å². The average Bonchev–Trinajstić information content (AvgIpc) is 2.67. The normalized spacial score (nSPS) is 15.4. The fourth-order valence-corrected chi connectivity index (χ4v) is 3.63. The maximum Gasteiger partial charge on any atom is 0.256 e. The van der Waals surface area contributed by atoms with E-state index in [9.17, 15) is 14.0 Å². The third-order valence-corrected chi connectivity index (χ3v) is 5.25. The van der Waals surface area contributed by atoms with Crippen LogP contribution in [0.5, 0.6) is 0 Å². The van der Waals surface area contributed by atoms with Gasteiger partial charge < -0.3 is 10.2 Å². The molecule has 1 fully saturated rings. The van der Waals surface area contributed by atoms with Crippen LogP contribution in [0.1, 0.15) is 49.5 Å². The van der Waals surface area contributed by atoms with E-state index in [1.165, 1.54) is 12.1 Å². The van der Waals surface area contributed by atoms with Gasteiger partial charge in [-0.1, -0.05) is 51.1 Å². The minimum Gasteiger partial charge on any atom is -0.339 e. The Morgan fingerprint density at radius 3 is 2.25 bits per heavy atom. The number of carbonyl (C=O) groups is 2. The average molecular weight is 382 g/mol. The molecule has 0 radical (unpaired) electrons. The number of amides is 2. The number of benzene rings is 2. The van der Waals surface area contributed by atoms with Crippen LogP contribution in [0.15, 0.2) is 48.5 Å². The summed E-state index contributed by atoms with van der Waals surface area (Å²) in [5, 5.41) is 3.07. The summed E-state index contributed by atoms with van der Waals surface area (Å²) < 4.78 is 13.9. The van der Waals surface area contributed by atoms with Crippen molar-refractivity contribution in [1.82, 2.24) is 4.90 Å². The Morgan fingerprint density at radius 1 is 1.00 bits per heavy atom. The fourth-order valence-electron chi connectivity index (χ4n) is 3.63. The molecular weight excluding hydrogens is 355 g/mol. The third-order valence-electron chi connectivity index (χ3n) is 5.25. The van der Waals surface area contributed by atoms with Crippen LogP contribution < -0.4 is 5.32 Å². The summed E-state index contributed by atoms with van der Waals surface area (Å²) in [5.74, 6) is -0.992. The van der Waals surface area contributed by atoms with Crippen molar-refractivity contribution in [3.63, 3.8) is 0 Å². The van der Waals surface area contributed by atoms with Gasteiger partial charge in [-0.25, -0.2) is 4.39 Å². The highest BCUT2D eigenvalue weighted by Gasteiger charge is 2.29. The first-order valence-electron chi connectivity index (χ1n) is 9.71. The maximum atomic E-state index is 13.9. The zero-order valence-corrected chi connectivity index (χ0v) is 16.7. The predicted octanol–water partition coefficient (Wildman–Crippen LogP) is 4.61. The lowest BCUT2D eigenvalue weighted by Gasteiger charge is -2.32. The van der Waals surface area contributed by atoms with E-state index < -0.39 is 5.82 Å². The van der Waals surface area contributed by atoms with E-state index in [4.69, 9.17) is 0 Å². The molecule has 1 aliphatic heterocycles. The Hall–Kier alpha value is -2.69. The van der Waals surface area contributed by atoms with Gasteiger partial charge in [0.05, 0.1) is 5.56 Å². The number of hydrogen-bond acceptors (Lipinski definition) is 2. The van der Waals surface area contributed by atoms with Crippen molar-refractivity contribution in [3.8, 4) is 0 Å². The van der Waals surface area contributed by atoms with Crippen molar-refractivity contribution in [2.24, 2.45) is 5.92 Å². The molecule has 1 heterocycles. The number of nitrogens with zero attached hydrogens (tertiary/aromatic N) is 1. The minimum atomic E-state index is -0.508. The standard InChI is InChI=1S/C23H27FN2O2/c1-23(2,3)18-9-5-7-11-20(18)25-21(27)16-12-14-26(15-13-16)22(28)17-8-4-6-10-19(17)24/h4-11,16H,12-15H2,1-3H3,(H,25,27). The molecule has 1 aliphatic rings. The topological polar surface area (TPSA) is 49.4 Å². The molecule has 2 aromatic rings. The van der Waals surface area contributed by atoms with E-state index >= 15 is 0 Å². The van der Waals surface area contributed by atoms with Gasteiger partial charge >= 0.3 is 0 Å². The number of anilines is 1. The number of piperidine rings is 1. The van der Waals surface area contributed by atoms with Gasteiger partial charge in [0.2, 0.25) is 5.91 Å². The van der Waals surface area contributed by atoms with Gasteiger partial charge in [-0.15, -0.1) is 0 Å². The van der Waals surface area contributed by atoms with E-state index in [-0.39, 0.29) is 28.7 Å². The summed E-state index contributed by atoms with van der Waals surface area (Å²) in [6.45, 7) is 7.25. The number of carbonyl (C=O) groups excluding carboxylic acids is 2. The van der Waals surface area contributed by atoms with Crippen LogP contribution in [0.3, 0.4) is 0 Å². The van der Waals surface area contributed by atoms with Gasteiger partial charge in [0.15, 0.2) is 0 Å². The maximum absolute atomic E-state index is 13.9. The minimum absolute atomic E-state index is 0.0188. The molecule has 1 N–H and O–H groups in total. The molecule has 0 aromatic heterocycles. The smallest absolute Gasteiger partial charge is 0.256 e. The highest BCUT2D eigenvalue weighted by molar-refractivity contribution is 5.95. The first-order chi connectivity index (χ1) is 13.3. The largest absolute Gasteiger partial charge is 0.339 e. The second-order valence-electron chi connectivity index (χ2n) is 8.33. The number of likely N-dealkylation sites (tertiary alicyclic amines) is 1. The summed E-state index contributed by atoms with van der Waals surface area (Å²) in [4.78, 5) is 26.9. The zero-order chi connectivity index (χ0) is 20.3. The molecule has 28 heavy (non-hydrogen) atoms. The molecule has 1 saturated heterocycles. The number of nitrogens with one attached hydrogen (secondary N) is 1. The number of para-hydroxylation sites is 1. The van der Waals surface area contributed by atoms with Crippen molar-refractivity contribution in [2.75, 3.05) is 18.4 Å². The van der Waals surface area contributed by atoms with Crippen molar-refractivity contribution >= 4 is 17.5 Å². The molecular formula is C23H27FN2O2. The van der Waals surface area contributed by atoms with Crippen LogP contribution >= 0.6 is 0 Å². The molecule has 0 atom stereocenters. The molecule has 0 spiro atoms. The summed E-state index contributed by atoms with van der Waals surface area (Å²) >= 11 is 0. The molecule has 4 nitrogen and oxygen atoms in total. The lowest BCUT2D eigenvalue weighted by atomic mass is 9.85. The molecule has 148 valence electrons. The van der Waals surface area contributed by atoms with Crippen molar-refractivity contribution < 1.29 is 14.0 Å². The SMILES string of the molecule is CC(C)(C)c1ccccc1NC(=O)C1CCN(C(=O)c2ccccc2F)CC1. The number of rotatable bonds is 3. The predicted molar refractivity (Wildman–Crippen MR) is 109 cm³/mol. The van der Waals surface area contributed by atoms with Gasteiger partial charge in [-0.2, -0.15) is 0 Å². The third kappa shape index (κ3) is 4.41. The molecule has 5 heteroatoms. The van der Waals surface area contributed by atoms with E-state index in [1.54, 1.807) is 17.0 Å². The highest BCUT2D eigenvalue weighted by Crippen LogP contribution is 2.30. The van der Waals surface area contributed by atoms with Gasteiger partial charge in [0.1, 0.15) is 5.82 Å². The lowest BCUT2D eigenvalue weighted by molar-refractivity contribution is -0.121. The molecule has 3 rings (SSSR count).